The van der Waals surface area contributed by atoms with Crippen molar-refractivity contribution < 1.29 is 4.79 Å². The summed E-state index contributed by atoms with van der Waals surface area (Å²) in [6, 6.07) is 21.3. The molecule has 4 nitrogen and oxygen atoms in total. The molecule has 26 heavy (non-hydrogen) atoms. The van der Waals surface area contributed by atoms with E-state index in [1.807, 2.05) is 73.7 Å². The first kappa shape index (κ1) is 16.1. The summed E-state index contributed by atoms with van der Waals surface area (Å²) in [5, 5.41) is 0.972. The summed E-state index contributed by atoms with van der Waals surface area (Å²) in [4.78, 5) is 25.6. The Hall–Kier alpha value is -3.40. The topological polar surface area (TPSA) is 55.7 Å². The van der Waals surface area contributed by atoms with Crippen LogP contribution in [0.3, 0.4) is 0 Å². The number of aromatic nitrogens is 3. The van der Waals surface area contributed by atoms with Crippen molar-refractivity contribution in [2.75, 3.05) is 0 Å². The predicted molar refractivity (Wildman–Crippen MR) is 103 cm³/mol. The molecule has 0 spiro atoms. The van der Waals surface area contributed by atoms with Crippen LogP contribution >= 0.6 is 0 Å². The zero-order valence-electron chi connectivity index (χ0n) is 14.6. The number of nitrogens with zero attached hydrogens (tertiary/aromatic N) is 3. The van der Waals surface area contributed by atoms with Crippen molar-refractivity contribution in [2.45, 2.75) is 13.8 Å². The number of pyridine rings is 1. The van der Waals surface area contributed by atoms with Crippen LogP contribution in [0.15, 0.2) is 66.7 Å². The fourth-order valence-electron chi connectivity index (χ4n) is 2.94. The number of carbonyl (C=O) groups excluding carboxylic acids is 1. The lowest BCUT2D eigenvalue weighted by Crippen LogP contribution is -1.98. The molecule has 0 aliphatic heterocycles. The van der Waals surface area contributed by atoms with E-state index in [1.165, 1.54) is 0 Å². The number of para-hydroxylation sites is 1. The number of benzene rings is 2. The molecule has 4 aromatic rings. The predicted octanol–water partition coefficient (Wildman–Crippen LogP) is 4.87. The van der Waals surface area contributed by atoms with Crippen LogP contribution in [0.4, 0.5) is 0 Å². The van der Waals surface area contributed by atoms with E-state index in [0.717, 1.165) is 33.5 Å². The maximum Gasteiger partial charge on any atom is 0.179 e. The number of ketones is 1. The van der Waals surface area contributed by atoms with Crippen LogP contribution in [0.5, 0.6) is 0 Å². The maximum absolute atomic E-state index is 11.5. The average molecular weight is 339 g/mol. The zero-order chi connectivity index (χ0) is 18.1. The van der Waals surface area contributed by atoms with E-state index in [0.29, 0.717) is 11.4 Å². The zero-order valence-corrected chi connectivity index (χ0v) is 14.6. The van der Waals surface area contributed by atoms with Gasteiger partial charge in [-0.2, -0.15) is 0 Å². The number of aryl methyl sites for hydroxylation is 1. The SMILES string of the molecule is CC(=O)c1ccc(-c2nc(-c3cccc(C)n3)nc3ccccc23)cc1. The van der Waals surface area contributed by atoms with Gasteiger partial charge in [0.15, 0.2) is 11.6 Å². The van der Waals surface area contributed by atoms with Gasteiger partial charge >= 0.3 is 0 Å². The van der Waals surface area contributed by atoms with Crippen LogP contribution in [0, 0.1) is 6.92 Å². The van der Waals surface area contributed by atoms with Crippen LogP contribution in [-0.4, -0.2) is 20.7 Å². The highest BCUT2D eigenvalue weighted by Gasteiger charge is 2.12. The molecule has 0 atom stereocenters. The van der Waals surface area contributed by atoms with Gasteiger partial charge in [0.25, 0.3) is 0 Å². The second-order valence-corrected chi connectivity index (χ2v) is 6.21. The largest absolute Gasteiger partial charge is 0.295 e. The highest BCUT2D eigenvalue weighted by atomic mass is 16.1. The van der Waals surface area contributed by atoms with Gasteiger partial charge in [0.05, 0.1) is 11.2 Å². The number of fused-ring (bicyclic) bond motifs is 1. The minimum Gasteiger partial charge on any atom is -0.295 e. The third-order valence-electron chi connectivity index (χ3n) is 4.29. The normalized spacial score (nSPS) is 10.8. The highest BCUT2D eigenvalue weighted by molar-refractivity contribution is 5.96. The van der Waals surface area contributed by atoms with Gasteiger partial charge in [-0.25, -0.2) is 15.0 Å². The van der Waals surface area contributed by atoms with E-state index in [-0.39, 0.29) is 5.78 Å². The summed E-state index contributed by atoms with van der Waals surface area (Å²) in [6.45, 7) is 3.52. The molecular weight excluding hydrogens is 322 g/mol. The van der Waals surface area contributed by atoms with Gasteiger partial charge in [-0.05, 0) is 32.0 Å². The molecule has 0 amide bonds. The van der Waals surface area contributed by atoms with Gasteiger partial charge in [0.1, 0.15) is 5.69 Å². The van der Waals surface area contributed by atoms with Gasteiger partial charge < -0.3 is 0 Å². The quantitative estimate of drug-likeness (QED) is 0.500. The Labute approximate surface area is 151 Å². The number of hydrogen-bond acceptors (Lipinski definition) is 4. The van der Waals surface area contributed by atoms with E-state index >= 15 is 0 Å². The fourth-order valence-corrected chi connectivity index (χ4v) is 2.94. The van der Waals surface area contributed by atoms with E-state index in [2.05, 4.69) is 4.98 Å². The smallest absolute Gasteiger partial charge is 0.179 e. The third-order valence-corrected chi connectivity index (χ3v) is 4.29. The molecule has 0 aliphatic rings. The standard InChI is InChI=1S/C22H17N3O/c1-14-6-5-9-20(23-14)22-24-19-8-4-3-7-18(19)21(25-22)17-12-10-16(11-13-17)15(2)26/h3-13H,1-2H3. The molecule has 0 fully saturated rings. The van der Waals surface area contributed by atoms with Crippen molar-refractivity contribution in [1.82, 2.24) is 15.0 Å². The molecular formula is C22H17N3O. The van der Waals surface area contributed by atoms with E-state index in [4.69, 9.17) is 9.97 Å². The Balaban J connectivity index is 1.94. The minimum atomic E-state index is 0.0498. The van der Waals surface area contributed by atoms with Crippen molar-refractivity contribution in [3.05, 3.63) is 78.0 Å². The number of carbonyl (C=O) groups is 1. The Morgan fingerprint density at radius 1 is 0.808 bits per heavy atom. The number of hydrogen-bond donors (Lipinski definition) is 0. The first-order valence-electron chi connectivity index (χ1n) is 8.44. The van der Waals surface area contributed by atoms with Crippen molar-refractivity contribution in [2.24, 2.45) is 0 Å². The van der Waals surface area contributed by atoms with Crippen molar-refractivity contribution in [3.63, 3.8) is 0 Å². The lowest BCUT2D eigenvalue weighted by molar-refractivity contribution is 0.101. The Kier molecular flexibility index (Phi) is 4.01. The summed E-state index contributed by atoms with van der Waals surface area (Å²) in [5.41, 5.74) is 5.01. The molecule has 0 bridgehead atoms. The highest BCUT2D eigenvalue weighted by Crippen LogP contribution is 2.28. The van der Waals surface area contributed by atoms with Gasteiger partial charge in [0, 0.05) is 22.2 Å². The van der Waals surface area contributed by atoms with Gasteiger partial charge in [-0.15, -0.1) is 0 Å². The summed E-state index contributed by atoms with van der Waals surface area (Å²) >= 11 is 0. The third kappa shape index (κ3) is 2.97. The van der Waals surface area contributed by atoms with Crippen LogP contribution in [0.1, 0.15) is 23.0 Å². The Morgan fingerprint density at radius 2 is 1.58 bits per heavy atom. The molecule has 0 saturated carbocycles. The molecule has 0 saturated heterocycles. The number of rotatable bonds is 3. The summed E-state index contributed by atoms with van der Waals surface area (Å²) in [7, 11) is 0. The van der Waals surface area contributed by atoms with Crippen molar-refractivity contribution in [1.29, 1.82) is 0 Å². The molecule has 2 heterocycles. The summed E-state index contributed by atoms with van der Waals surface area (Å²) < 4.78 is 0. The molecule has 126 valence electrons. The molecule has 0 N–H and O–H groups in total. The monoisotopic (exact) mass is 339 g/mol. The van der Waals surface area contributed by atoms with Gasteiger partial charge in [0.2, 0.25) is 0 Å². The first-order chi connectivity index (χ1) is 12.6. The summed E-state index contributed by atoms with van der Waals surface area (Å²) in [5.74, 6) is 0.645. The van der Waals surface area contributed by atoms with Crippen LogP contribution < -0.4 is 0 Å². The summed E-state index contributed by atoms with van der Waals surface area (Å²) in [6.07, 6.45) is 0. The second kappa shape index (κ2) is 6.48. The average Bonchev–Trinajstić information content (AvgIpc) is 2.67. The maximum atomic E-state index is 11.5. The lowest BCUT2D eigenvalue weighted by Gasteiger charge is -2.09. The Bertz CT molecular complexity index is 1120. The second-order valence-electron chi connectivity index (χ2n) is 6.21. The van der Waals surface area contributed by atoms with Crippen LogP contribution in [0.2, 0.25) is 0 Å². The lowest BCUT2D eigenvalue weighted by atomic mass is 10.0. The van der Waals surface area contributed by atoms with Gasteiger partial charge in [-0.1, -0.05) is 48.5 Å². The van der Waals surface area contributed by atoms with Crippen molar-refractivity contribution >= 4 is 16.7 Å². The van der Waals surface area contributed by atoms with E-state index in [1.54, 1.807) is 6.92 Å². The molecule has 0 radical (unpaired) electrons. The molecule has 4 heteroatoms. The molecule has 2 aromatic carbocycles. The first-order valence-corrected chi connectivity index (χ1v) is 8.44. The molecule has 2 aromatic heterocycles. The molecule has 0 unspecified atom stereocenters. The van der Waals surface area contributed by atoms with Crippen LogP contribution in [-0.2, 0) is 0 Å². The molecule has 0 aliphatic carbocycles. The van der Waals surface area contributed by atoms with Crippen LogP contribution in [0.25, 0.3) is 33.7 Å². The van der Waals surface area contributed by atoms with Crippen molar-refractivity contribution in [3.8, 4) is 22.8 Å². The van der Waals surface area contributed by atoms with Gasteiger partial charge in [-0.3, -0.25) is 4.79 Å². The Morgan fingerprint density at radius 3 is 2.31 bits per heavy atom. The molecule has 4 rings (SSSR count). The number of Topliss-reactive ketones (excluding diaryl/α,β-unsaturated/α-hetero) is 1. The fraction of sp³-hybridized carbons (Fsp3) is 0.0909. The minimum absolute atomic E-state index is 0.0498. The van der Waals surface area contributed by atoms with E-state index < -0.39 is 0 Å². The van der Waals surface area contributed by atoms with E-state index in [9.17, 15) is 4.79 Å².